The van der Waals surface area contributed by atoms with Gasteiger partial charge in [-0.1, -0.05) is 0 Å². The van der Waals surface area contributed by atoms with Crippen LogP contribution in [0.25, 0.3) is 0 Å². The molecular formula is C19H17NO2SSe. The van der Waals surface area contributed by atoms with Crippen molar-refractivity contribution in [2.24, 2.45) is 0 Å². The second-order valence-electron chi connectivity index (χ2n) is 4.98. The van der Waals surface area contributed by atoms with Gasteiger partial charge in [-0.15, -0.1) is 0 Å². The van der Waals surface area contributed by atoms with Gasteiger partial charge in [0.05, 0.1) is 0 Å². The number of terminal acetylenes is 1. The SMILES string of the molecule is C#CCN(CC#C[Se]c1ccccc1)S(=O)(=O)c1ccc(C)cc1. The van der Waals surface area contributed by atoms with E-state index >= 15 is 0 Å². The summed E-state index contributed by atoms with van der Waals surface area (Å²) in [7, 11) is -3.63. The van der Waals surface area contributed by atoms with E-state index in [9.17, 15) is 8.42 Å². The summed E-state index contributed by atoms with van der Waals surface area (Å²) in [5.74, 6) is 5.33. The molecule has 0 aliphatic heterocycles. The van der Waals surface area contributed by atoms with Gasteiger partial charge in [0.1, 0.15) is 0 Å². The van der Waals surface area contributed by atoms with Gasteiger partial charge in [0, 0.05) is 0 Å². The van der Waals surface area contributed by atoms with Gasteiger partial charge in [0.2, 0.25) is 0 Å². The zero-order chi connectivity index (χ0) is 17.4. The topological polar surface area (TPSA) is 37.4 Å². The van der Waals surface area contributed by atoms with Crippen LogP contribution in [0.1, 0.15) is 5.56 Å². The minimum atomic E-state index is -3.63. The number of hydrogen-bond donors (Lipinski definition) is 0. The van der Waals surface area contributed by atoms with E-state index in [-0.39, 0.29) is 32.9 Å². The van der Waals surface area contributed by atoms with Gasteiger partial charge in [-0.05, 0) is 0 Å². The van der Waals surface area contributed by atoms with Crippen LogP contribution in [-0.2, 0) is 10.0 Å². The third kappa shape index (κ3) is 4.99. The average Bonchev–Trinajstić information content (AvgIpc) is 2.59. The third-order valence-electron chi connectivity index (χ3n) is 3.17. The van der Waals surface area contributed by atoms with Crippen molar-refractivity contribution in [3.8, 4) is 23.1 Å². The van der Waals surface area contributed by atoms with Crippen molar-refractivity contribution in [3.05, 3.63) is 60.2 Å². The van der Waals surface area contributed by atoms with E-state index in [0.29, 0.717) is 0 Å². The van der Waals surface area contributed by atoms with Crippen LogP contribution < -0.4 is 4.46 Å². The minimum absolute atomic E-state index is 0.00320. The molecule has 0 aliphatic carbocycles. The standard InChI is InChI=1S/C19H17NO2SSe/c1-3-14-20(15-7-16-24-19-8-5-4-6-9-19)23(21,22)18-12-10-17(2)11-13-18/h1,4-6,8-13H,14-15H2,2H3. The predicted octanol–water partition coefficient (Wildman–Crippen LogP) is 1.61. The van der Waals surface area contributed by atoms with E-state index in [4.69, 9.17) is 6.42 Å². The molecule has 3 nitrogen and oxygen atoms in total. The monoisotopic (exact) mass is 403 g/mol. The Kier molecular flexibility index (Phi) is 6.67. The van der Waals surface area contributed by atoms with Crippen LogP contribution in [-0.4, -0.2) is 40.8 Å². The van der Waals surface area contributed by atoms with Gasteiger partial charge >= 0.3 is 150 Å². The van der Waals surface area contributed by atoms with Crippen LogP contribution in [0.2, 0.25) is 0 Å². The molecule has 0 heterocycles. The van der Waals surface area contributed by atoms with Crippen LogP contribution >= 0.6 is 0 Å². The van der Waals surface area contributed by atoms with E-state index in [1.807, 2.05) is 37.3 Å². The summed E-state index contributed by atoms with van der Waals surface area (Å²) in [5, 5.41) is 0. The molecule has 0 bridgehead atoms. The van der Waals surface area contributed by atoms with E-state index in [1.54, 1.807) is 24.3 Å². The first-order chi connectivity index (χ1) is 11.5. The molecule has 2 aromatic carbocycles. The van der Waals surface area contributed by atoms with Crippen molar-refractivity contribution < 1.29 is 8.42 Å². The third-order valence-corrected chi connectivity index (χ3v) is 6.55. The van der Waals surface area contributed by atoms with Crippen molar-refractivity contribution >= 4 is 29.4 Å². The Morgan fingerprint density at radius 3 is 2.33 bits per heavy atom. The fraction of sp³-hybridized carbons (Fsp3) is 0.158. The summed E-state index contributed by atoms with van der Waals surface area (Å²) < 4.78 is 27.7. The summed E-state index contributed by atoms with van der Waals surface area (Å²) in [4.78, 5) is 3.30. The van der Waals surface area contributed by atoms with Gasteiger partial charge in [-0.25, -0.2) is 0 Å². The van der Waals surface area contributed by atoms with Crippen LogP contribution in [0.5, 0.6) is 0 Å². The molecule has 24 heavy (non-hydrogen) atoms. The number of nitrogens with zero attached hydrogens (tertiary/aromatic N) is 1. The first-order valence-electron chi connectivity index (χ1n) is 7.24. The second-order valence-corrected chi connectivity index (χ2v) is 8.77. The number of aryl methyl sites for hydroxylation is 1. The molecule has 0 aromatic heterocycles. The first kappa shape index (κ1) is 18.3. The maximum atomic E-state index is 12.7. The molecule has 0 saturated heterocycles. The summed E-state index contributed by atoms with van der Waals surface area (Å²) in [6, 6.07) is 16.6. The molecule has 0 unspecified atom stereocenters. The van der Waals surface area contributed by atoms with Gasteiger partial charge in [0.25, 0.3) is 0 Å². The van der Waals surface area contributed by atoms with Gasteiger partial charge in [-0.2, -0.15) is 0 Å². The van der Waals surface area contributed by atoms with Crippen LogP contribution in [0.4, 0.5) is 0 Å². The molecule has 0 amide bonds. The maximum absolute atomic E-state index is 12.7. The molecule has 0 radical (unpaired) electrons. The van der Waals surface area contributed by atoms with Crippen LogP contribution in [0.3, 0.4) is 0 Å². The molecule has 2 aromatic rings. The molecule has 0 saturated carbocycles. The van der Waals surface area contributed by atoms with E-state index in [1.165, 1.54) is 4.31 Å². The molecule has 0 N–H and O–H groups in total. The molecule has 0 aliphatic rings. The molecule has 0 atom stereocenters. The van der Waals surface area contributed by atoms with Crippen molar-refractivity contribution in [1.82, 2.24) is 4.31 Å². The van der Waals surface area contributed by atoms with Gasteiger partial charge < -0.3 is 0 Å². The fourth-order valence-electron chi connectivity index (χ4n) is 1.89. The Bertz CT molecular complexity index is 873. The Balaban J connectivity index is 2.12. The summed E-state index contributed by atoms with van der Waals surface area (Å²) in [6.45, 7) is 2.00. The van der Waals surface area contributed by atoms with Gasteiger partial charge in [-0.3, -0.25) is 0 Å². The van der Waals surface area contributed by atoms with E-state index < -0.39 is 10.0 Å². The molecular weight excluding hydrogens is 385 g/mol. The summed E-state index contributed by atoms with van der Waals surface area (Å²) in [6.07, 6.45) is 5.32. The van der Waals surface area contributed by atoms with Gasteiger partial charge in [0.15, 0.2) is 0 Å². The number of hydrogen-bond acceptors (Lipinski definition) is 2. The van der Waals surface area contributed by atoms with Crippen molar-refractivity contribution in [3.63, 3.8) is 0 Å². The van der Waals surface area contributed by atoms with E-state index in [0.717, 1.165) is 10.0 Å². The normalized spacial score (nSPS) is 10.7. The average molecular weight is 402 g/mol. The Hall–Kier alpha value is -2.01. The molecule has 5 heteroatoms. The zero-order valence-corrected chi connectivity index (χ0v) is 15.8. The number of benzene rings is 2. The Labute approximate surface area is 150 Å². The molecule has 2 rings (SSSR count). The fourth-order valence-corrected chi connectivity index (χ4v) is 4.30. The summed E-state index contributed by atoms with van der Waals surface area (Å²) >= 11 is -0.00328. The number of rotatable bonds is 5. The zero-order valence-electron chi connectivity index (χ0n) is 13.3. The molecule has 122 valence electrons. The molecule has 0 spiro atoms. The molecule has 0 fully saturated rings. The van der Waals surface area contributed by atoms with Crippen LogP contribution in [0.15, 0.2) is 59.5 Å². The van der Waals surface area contributed by atoms with Crippen molar-refractivity contribution in [1.29, 1.82) is 0 Å². The van der Waals surface area contributed by atoms with Crippen molar-refractivity contribution in [2.45, 2.75) is 11.8 Å². The predicted molar refractivity (Wildman–Crippen MR) is 98.4 cm³/mol. The summed E-state index contributed by atoms with van der Waals surface area (Å²) in [5.41, 5.74) is 1.00. The number of sulfonamides is 1. The second kappa shape index (κ2) is 8.73. The first-order valence-corrected chi connectivity index (χ1v) is 10.4. The van der Waals surface area contributed by atoms with Crippen LogP contribution in [0, 0.1) is 30.0 Å². The quantitative estimate of drug-likeness (QED) is 0.563. The Morgan fingerprint density at radius 1 is 1.04 bits per heavy atom. The van der Waals surface area contributed by atoms with Crippen molar-refractivity contribution in [2.75, 3.05) is 13.1 Å². The van der Waals surface area contributed by atoms with E-state index in [2.05, 4.69) is 16.7 Å². The Morgan fingerprint density at radius 2 is 1.71 bits per heavy atom.